The highest BCUT2D eigenvalue weighted by Crippen LogP contribution is 2.24. The predicted octanol–water partition coefficient (Wildman–Crippen LogP) is 4.31. The molecule has 0 fully saturated rings. The molecular formula is C20H23N3O2S. The molecule has 0 spiro atoms. The van der Waals surface area contributed by atoms with Gasteiger partial charge in [0.1, 0.15) is 11.6 Å². The molecule has 0 atom stereocenters. The third kappa shape index (κ3) is 4.73. The zero-order valence-corrected chi connectivity index (χ0v) is 16.0. The van der Waals surface area contributed by atoms with Crippen molar-refractivity contribution in [3.05, 3.63) is 64.5 Å². The molecule has 26 heavy (non-hydrogen) atoms. The molecule has 0 aliphatic heterocycles. The summed E-state index contributed by atoms with van der Waals surface area (Å²) in [5.74, 6) is 1.13. The van der Waals surface area contributed by atoms with Crippen molar-refractivity contribution in [3.63, 3.8) is 0 Å². The maximum absolute atomic E-state index is 12.2. The van der Waals surface area contributed by atoms with Gasteiger partial charge in [-0.3, -0.25) is 4.79 Å². The maximum atomic E-state index is 12.2. The molecule has 0 unspecified atom stereocenters. The third-order valence-electron chi connectivity index (χ3n) is 3.96. The normalized spacial score (nSPS) is 11.3. The van der Waals surface area contributed by atoms with Crippen LogP contribution in [0.25, 0.3) is 0 Å². The number of aromatic nitrogens is 2. The van der Waals surface area contributed by atoms with Crippen molar-refractivity contribution < 1.29 is 9.53 Å². The number of carbonyl (C=O) groups excluding carboxylic acids is 1. The minimum Gasteiger partial charge on any atom is -0.484 e. The van der Waals surface area contributed by atoms with Crippen LogP contribution in [0.4, 0.5) is 5.82 Å². The molecule has 1 N–H and O–H groups in total. The average Bonchev–Trinajstić information content (AvgIpc) is 3.26. The summed E-state index contributed by atoms with van der Waals surface area (Å²) in [6.45, 7) is 7.08. The van der Waals surface area contributed by atoms with E-state index in [1.807, 2.05) is 41.8 Å². The van der Waals surface area contributed by atoms with Gasteiger partial charge >= 0.3 is 0 Å². The molecule has 6 heteroatoms. The lowest BCUT2D eigenvalue weighted by Crippen LogP contribution is -2.22. The van der Waals surface area contributed by atoms with Crippen LogP contribution in [0.5, 0.6) is 5.75 Å². The zero-order valence-electron chi connectivity index (χ0n) is 15.2. The molecule has 1 amide bonds. The summed E-state index contributed by atoms with van der Waals surface area (Å²) in [6, 6.07) is 13.7. The van der Waals surface area contributed by atoms with E-state index in [2.05, 4.69) is 31.2 Å². The molecule has 0 saturated heterocycles. The van der Waals surface area contributed by atoms with Crippen molar-refractivity contribution >= 4 is 23.1 Å². The third-order valence-corrected chi connectivity index (χ3v) is 4.82. The Kier molecular flexibility index (Phi) is 5.42. The Hall–Kier alpha value is -2.60. The smallest absolute Gasteiger partial charge is 0.263 e. The number of rotatable bonds is 6. The number of nitrogens with zero attached hydrogens (tertiary/aromatic N) is 2. The number of ether oxygens (including phenoxy) is 1. The standard InChI is InChI=1S/C20H23N3O2S/c1-20(2,3)15-6-8-16(9-7-15)25-14-19(24)22-18-10-11-21-23(18)13-17-5-4-12-26-17/h4-12H,13-14H2,1-3H3,(H,22,24). The Morgan fingerprint density at radius 2 is 1.96 bits per heavy atom. The second-order valence-electron chi connectivity index (χ2n) is 7.06. The van der Waals surface area contributed by atoms with Crippen LogP contribution >= 0.6 is 11.3 Å². The van der Waals surface area contributed by atoms with Gasteiger partial charge in [-0.05, 0) is 34.6 Å². The fraction of sp³-hybridized carbons (Fsp3) is 0.300. The first-order valence-corrected chi connectivity index (χ1v) is 9.37. The number of nitrogens with one attached hydrogen (secondary N) is 1. The first-order chi connectivity index (χ1) is 12.4. The molecule has 0 aliphatic rings. The van der Waals surface area contributed by atoms with Gasteiger partial charge in [-0.2, -0.15) is 5.10 Å². The van der Waals surface area contributed by atoms with E-state index in [1.165, 1.54) is 10.4 Å². The Labute approximate surface area is 157 Å². The van der Waals surface area contributed by atoms with Crippen LogP contribution in [-0.4, -0.2) is 22.3 Å². The van der Waals surface area contributed by atoms with Gasteiger partial charge in [-0.1, -0.05) is 39.0 Å². The summed E-state index contributed by atoms with van der Waals surface area (Å²) in [6.07, 6.45) is 1.68. The van der Waals surface area contributed by atoms with Gasteiger partial charge in [0.05, 0.1) is 12.7 Å². The first kappa shape index (κ1) is 18.2. The summed E-state index contributed by atoms with van der Waals surface area (Å²) >= 11 is 1.66. The number of hydrogen-bond acceptors (Lipinski definition) is 4. The highest BCUT2D eigenvalue weighted by atomic mass is 32.1. The average molecular weight is 369 g/mol. The predicted molar refractivity (Wildman–Crippen MR) is 105 cm³/mol. The highest BCUT2D eigenvalue weighted by molar-refractivity contribution is 7.09. The number of carbonyl (C=O) groups is 1. The highest BCUT2D eigenvalue weighted by Gasteiger charge is 2.13. The van der Waals surface area contributed by atoms with E-state index in [-0.39, 0.29) is 17.9 Å². The van der Waals surface area contributed by atoms with Crippen LogP contribution in [0, 0.1) is 0 Å². The van der Waals surface area contributed by atoms with Gasteiger partial charge < -0.3 is 10.1 Å². The summed E-state index contributed by atoms with van der Waals surface area (Å²) in [7, 11) is 0. The van der Waals surface area contributed by atoms with Crippen LogP contribution in [0.1, 0.15) is 31.2 Å². The molecule has 0 aliphatic carbocycles. The van der Waals surface area contributed by atoms with Gasteiger partial charge in [0.25, 0.3) is 5.91 Å². The molecule has 136 valence electrons. The summed E-state index contributed by atoms with van der Waals surface area (Å²) < 4.78 is 7.36. The van der Waals surface area contributed by atoms with Crippen molar-refractivity contribution in [2.45, 2.75) is 32.7 Å². The molecule has 0 radical (unpaired) electrons. The molecule has 3 rings (SSSR count). The van der Waals surface area contributed by atoms with Crippen LogP contribution in [-0.2, 0) is 16.8 Å². The van der Waals surface area contributed by atoms with Crippen LogP contribution in [0.3, 0.4) is 0 Å². The quantitative estimate of drug-likeness (QED) is 0.704. The van der Waals surface area contributed by atoms with E-state index in [9.17, 15) is 4.79 Å². The number of amides is 1. The molecule has 0 saturated carbocycles. The largest absolute Gasteiger partial charge is 0.484 e. The van der Waals surface area contributed by atoms with Crippen molar-refractivity contribution in [3.8, 4) is 5.75 Å². The number of anilines is 1. The second-order valence-corrected chi connectivity index (χ2v) is 8.10. The fourth-order valence-electron chi connectivity index (χ4n) is 2.49. The topological polar surface area (TPSA) is 56.1 Å². The molecule has 2 heterocycles. The van der Waals surface area contributed by atoms with Gasteiger partial charge in [-0.15, -0.1) is 11.3 Å². The minimum absolute atomic E-state index is 0.0426. The lowest BCUT2D eigenvalue weighted by Gasteiger charge is -2.19. The Morgan fingerprint density at radius 1 is 1.19 bits per heavy atom. The van der Waals surface area contributed by atoms with E-state index < -0.39 is 0 Å². The Balaban J connectivity index is 1.54. The second kappa shape index (κ2) is 7.74. The molecule has 2 aromatic heterocycles. The summed E-state index contributed by atoms with van der Waals surface area (Å²) in [5.41, 5.74) is 1.32. The number of benzene rings is 1. The fourth-order valence-corrected chi connectivity index (χ4v) is 3.18. The van der Waals surface area contributed by atoms with E-state index in [0.717, 1.165) is 0 Å². The van der Waals surface area contributed by atoms with Gasteiger partial charge in [-0.25, -0.2) is 4.68 Å². The summed E-state index contributed by atoms with van der Waals surface area (Å²) in [5, 5.41) is 9.14. The lowest BCUT2D eigenvalue weighted by molar-refractivity contribution is -0.118. The SMILES string of the molecule is CC(C)(C)c1ccc(OCC(=O)Nc2ccnn2Cc2cccs2)cc1. The summed E-state index contributed by atoms with van der Waals surface area (Å²) in [4.78, 5) is 13.4. The minimum atomic E-state index is -0.210. The van der Waals surface area contributed by atoms with E-state index in [1.54, 1.807) is 28.3 Å². The molecular weight excluding hydrogens is 346 g/mol. The Bertz CT molecular complexity index is 846. The van der Waals surface area contributed by atoms with E-state index in [4.69, 9.17) is 4.74 Å². The van der Waals surface area contributed by atoms with Crippen LogP contribution < -0.4 is 10.1 Å². The van der Waals surface area contributed by atoms with Crippen molar-refractivity contribution in [1.82, 2.24) is 9.78 Å². The van der Waals surface area contributed by atoms with Crippen molar-refractivity contribution in [2.75, 3.05) is 11.9 Å². The van der Waals surface area contributed by atoms with Crippen molar-refractivity contribution in [1.29, 1.82) is 0 Å². The zero-order chi connectivity index (χ0) is 18.6. The monoisotopic (exact) mass is 369 g/mol. The van der Waals surface area contributed by atoms with Gasteiger partial charge in [0, 0.05) is 10.9 Å². The first-order valence-electron chi connectivity index (χ1n) is 8.49. The number of hydrogen-bond donors (Lipinski definition) is 1. The molecule has 1 aromatic carbocycles. The van der Waals surface area contributed by atoms with Crippen LogP contribution in [0.2, 0.25) is 0 Å². The van der Waals surface area contributed by atoms with Crippen molar-refractivity contribution in [2.24, 2.45) is 0 Å². The van der Waals surface area contributed by atoms with Gasteiger partial charge in [0.2, 0.25) is 0 Å². The molecule has 5 nitrogen and oxygen atoms in total. The van der Waals surface area contributed by atoms with E-state index >= 15 is 0 Å². The lowest BCUT2D eigenvalue weighted by atomic mass is 9.87. The Morgan fingerprint density at radius 3 is 2.62 bits per heavy atom. The van der Waals surface area contributed by atoms with Gasteiger partial charge in [0.15, 0.2) is 6.61 Å². The van der Waals surface area contributed by atoms with Crippen LogP contribution in [0.15, 0.2) is 54.0 Å². The molecule has 0 bridgehead atoms. The maximum Gasteiger partial charge on any atom is 0.263 e. The van der Waals surface area contributed by atoms with E-state index in [0.29, 0.717) is 18.1 Å². The molecule has 3 aromatic rings. The number of thiophene rings is 1.